The van der Waals surface area contributed by atoms with Crippen molar-refractivity contribution in [3.63, 3.8) is 0 Å². The first-order chi connectivity index (χ1) is 9.54. The summed E-state index contributed by atoms with van der Waals surface area (Å²) in [5, 5.41) is 11.6. The van der Waals surface area contributed by atoms with Crippen LogP contribution in [0, 0.1) is 13.8 Å². The lowest BCUT2D eigenvalue weighted by Crippen LogP contribution is -2.32. The summed E-state index contributed by atoms with van der Waals surface area (Å²) in [5.41, 5.74) is 6.25. The second-order valence-electron chi connectivity index (χ2n) is 4.50. The molecular weight excluding hydrogens is 258 g/mol. The molecule has 0 aliphatic heterocycles. The third kappa shape index (κ3) is 2.56. The number of hydrogen-bond donors (Lipinski definition) is 2. The Morgan fingerprint density at radius 3 is 2.75 bits per heavy atom. The van der Waals surface area contributed by atoms with Crippen molar-refractivity contribution in [2.45, 2.75) is 26.9 Å². The van der Waals surface area contributed by atoms with Gasteiger partial charge in [0.25, 0.3) is 5.56 Å². The predicted octanol–water partition coefficient (Wildman–Crippen LogP) is 0.456. The molecule has 0 saturated carbocycles. The van der Waals surface area contributed by atoms with Crippen LogP contribution in [0.3, 0.4) is 0 Å². The lowest BCUT2D eigenvalue weighted by atomic mass is 10.2. The van der Waals surface area contributed by atoms with Gasteiger partial charge in [0.05, 0.1) is 5.56 Å². The molecule has 0 unspecified atom stereocenters. The van der Waals surface area contributed by atoms with E-state index in [1.807, 2.05) is 24.6 Å². The number of nitrogens with zero attached hydrogens (tertiary/aromatic N) is 4. The third-order valence-electron chi connectivity index (χ3n) is 3.26. The Labute approximate surface area is 116 Å². The average Bonchev–Trinajstić information content (AvgIpc) is 2.83. The number of aryl methyl sites for hydroxylation is 3. The van der Waals surface area contributed by atoms with Gasteiger partial charge in [-0.3, -0.25) is 4.79 Å². The fourth-order valence-electron chi connectivity index (χ4n) is 2.05. The highest BCUT2D eigenvalue weighted by molar-refractivity contribution is 5.96. The summed E-state index contributed by atoms with van der Waals surface area (Å²) in [6, 6.07) is 3.33. The number of oxime groups is 1. The Bertz CT molecular complexity index is 699. The molecule has 7 heteroatoms. The molecule has 0 fully saturated rings. The Balaban J connectivity index is 2.32. The van der Waals surface area contributed by atoms with Gasteiger partial charge >= 0.3 is 0 Å². The Kier molecular flexibility index (Phi) is 3.88. The van der Waals surface area contributed by atoms with Crippen LogP contribution in [0.1, 0.15) is 17.1 Å². The van der Waals surface area contributed by atoms with Crippen LogP contribution in [0.15, 0.2) is 34.5 Å². The monoisotopic (exact) mass is 275 g/mol. The molecular formula is C13H17N5O2. The van der Waals surface area contributed by atoms with Crippen molar-refractivity contribution in [2.75, 3.05) is 0 Å². The van der Waals surface area contributed by atoms with Gasteiger partial charge in [-0.25, -0.2) is 4.98 Å². The fourth-order valence-corrected chi connectivity index (χ4v) is 2.05. The molecule has 0 spiro atoms. The van der Waals surface area contributed by atoms with Crippen LogP contribution >= 0.6 is 0 Å². The van der Waals surface area contributed by atoms with Gasteiger partial charge in [0.15, 0.2) is 5.84 Å². The zero-order valence-corrected chi connectivity index (χ0v) is 11.4. The highest BCUT2D eigenvalue weighted by Crippen LogP contribution is 2.01. The zero-order chi connectivity index (χ0) is 14.7. The molecule has 0 radical (unpaired) electrons. The predicted molar refractivity (Wildman–Crippen MR) is 74.9 cm³/mol. The van der Waals surface area contributed by atoms with Crippen molar-refractivity contribution in [1.82, 2.24) is 14.1 Å². The number of rotatable bonds is 4. The van der Waals surface area contributed by atoms with Crippen LogP contribution < -0.4 is 11.3 Å². The van der Waals surface area contributed by atoms with Gasteiger partial charge in [-0.2, -0.15) is 0 Å². The van der Waals surface area contributed by atoms with Crippen molar-refractivity contribution in [3.05, 3.63) is 52.0 Å². The number of nitrogens with two attached hydrogens (primary N) is 1. The van der Waals surface area contributed by atoms with Gasteiger partial charge in [-0.15, -0.1) is 0 Å². The molecule has 2 rings (SSSR count). The molecule has 2 heterocycles. The highest BCUT2D eigenvalue weighted by atomic mass is 16.4. The average molecular weight is 275 g/mol. The molecule has 0 amide bonds. The summed E-state index contributed by atoms with van der Waals surface area (Å²) in [7, 11) is 0. The van der Waals surface area contributed by atoms with Crippen LogP contribution in [0.2, 0.25) is 0 Å². The van der Waals surface area contributed by atoms with Crippen LogP contribution in [0.25, 0.3) is 0 Å². The summed E-state index contributed by atoms with van der Waals surface area (Å²) in [4.78, 5) is 16.4. The summed E-state index contributed by atoms with van der Waals surface area (Å²) < 4.78 is 3.56. The molecule has 0 aromatic carbocycles. The second kappa shape index (κ2) is 5.60. The first kappa shape index (κ1) is 13.9. The smallest absolute Gasteiger partial charge is 0.261 e. The van der Waals surface area contributed by atoms with E-state index in [4.69, 9.17) is 10.9 Å². The first-order valence-electron chi connectivity index (χ1n) is 6.20. The molecule has 0 atom stereocenters. The van der Waals surface area contributed by atoms with Crippen LogP contribution in [-0.2, 0) is 13.1 Å². The second-order valence-corrected chi connectivity index (χ2v) is 4.50. The molecule has 106 valence electrons. The molecule has 2 aromatic heterocycles. The molecule has 20 heavy (non-hydrogen) atoms. The third-order valence-corrected chi connectivity index (χ3v) is 3.26. The van der Waals surface area contributed by atoms with Crippen LogP contribution in [0.5, 0.6) is 0 Å². The largest absolute Gasteiger partial charge is 0.409 e. The minimum atomic E-state index is -0.266. The summed E-state index contributed by atoms with van der Waals surface area (Å²) in [6.07, 6.45) is 3.58. The fraction of sp³-hybridized carbons (Fsp3) is 0.308. The van der Waals surface area contributed by atoms with E-state index in [9.17, 15) is 4.79 Å². The summed E-state index contributed by atoms with van der Waals surface area (Å²) in [6.45, 7) is 4.88. The zero-order valence-electron chi connectivity index (χ0n) is 11.4. The van der Waals surface area contributed by atoms with Gasteiger partial charge in [0.1, 0.15) is 5.82 Å². The standard InChI is InChI=1S/C13H17N5O2/c1-9-3-4-11(12(14)16-20)13(19)18(9)8-7-17-6-5-15-10(17)2/h3-6,20H,7-8H2,1-2H3,(H2,14,16). The molecule has 0 saturated heterocycles. The maximum Gasteiger partial charge on any atom is 0.261 e. The molecule has 0 aliphatic rings. The van der Waals surface area contributed by atoms with Crippen molar-refractivity contribution in [1.29, 1.82) is 0 Å². The van der Waals surface area contributed by atoms with Crippen molar-refractivity contribution < 1.29 is 5.21 Å². The number of aromatic nitrogens is 3. The Morgan fingerprint density at radius 2 is 2.15 bits per heavy atom. The van der Waals surface area contributed by atoms with Gasteiger partial charge in [-0.1, -0.05) is 5.16 Å². The van der Waals surface area contributed by atoms with E-state index in [1.165, 1.54) is 0 Å². The van der Waals surface area contributed by atoms with Crippen molar-refractivity contribution in [3.8, 4) is 0 Å². The maximum atomic E-state index is 12.3. The normalized spacial score (nSPS) is 11.8. The van der Waals surface area contributed by atoms with E-state index in [-0.39, 0.29) is 17.0 Å². The Morgan fingerprint density at radius 1 is 1.40 bits per heavy atom. The van der Waals surface area contributed by atoms with E-state index in [2.05, 4.69) is 10.1 Å². The quantitative estimate of drug-likeness (QED) is 0.366. The van der Waals surface area contributed by atoms with Gasteiger partial charge in [0.2, 0.25) is 0 Å². The SMILES string of the molecule is Cc1nccn1CCn1c(C)ccc(/C(N)=N/O)c1=O. The van der Waals surface area contributed by atoms with Gasteiger partial charge in [-0.05, 0) is 26.0 Å². The van der Waals surface area contributed by atoms with Crippen molar-refractivity contribution >= 4 is 5.84 Å². The maximum absolute atomic E-state index is 12.3. The van der Waals surface area contributed by atoms with E-state index in [1.54, 1.807) is 22.9 Å². The minimum Gasteiger partial charge on any atom is -0.409 e. The van der Waals surface area contributed by atoms with Crippen LogP contribution in [-0.4, -0.2) is 25.2 Å². The van der Waals surface area contributed by atoms with E-state index >= 15 is 0 Å². The van der Waals surface area contributed by atoms with Gasteiger partial charge in [0, 0.05) is 31.2 Å². The lowest BCUT2D eigenvalue weighted by molar-refractivity contribution is 0.318. The van der Waals surface area contributed by atoms with Gasteiger partial charge < -0.3 is 20.1 Å². The highest BCUT2D eigenvalue weighted by Gasteiger charge is 2.10. The van der Waals surface area contributed by atoms with E-state index < -0.39 is 0 Å². The molecule has 3 N–H and O–H groups in total. The molecule has 0 aliphatic carbocycles. The molecule has 2 aromatic rings. The lowest BCUT2D eigenvalue weighted by Gasteiger charge is -2.12. The van der Waals surface area contributed by atoms with E-state index in [0.29, 0.717) is 13.1 Å². The summed E-state index contributed by atoms with van der Waals surface area (Å²) >= 11 is 0. The number of imidazole rings is 1. The minimum absolute atomic E-state index is 0.178. The number of amidine groups is 1. The summed E-state index contributed by atoms with van der Waals surface area (Å²) in [5.74, 6) is 0.714. The Hall–Kier alpha value is -2.57. The van der Waals surface area contributed by atoms with Crippen LogP contribution in [0.4, 0.5) is 0 Å². The molecule has 7 nitrogen and oxygen atoms in total. The molecule has 0 bridgehead atoms. The number of hydrogen-bond acceptors (Lipinski definition) is 4. The van der Waals surface area contributed by atoms with Crippen molar-refractivity contribution in [2.24, 2.45) is 10.9 Å². The first-order valence-corrected chi connectivity index (χ1v) is 6.20. The topological polar surface area (TPSA) is 98.4 Å². The number of pyridine rings is 1. The van der Waals surface area contributed by atoms with E-state index in [0.717, 1.165) is 11.5 Å².